The third kappa shape index (κ3) is 3.67. The summed E-state index contributed by atoms with van der Waals surface area (Å²) in [5, 5.41) is 6.68. The number of aromatic nitrogens is 3. The lowest BCUT2D eigenvalue weighted by Crippen LogP contribution is -2.19. The van der Waals surface area contributed by atoms with Crippen molar-refractivity contribution in [2.75, 3.05) is 11.9 Å². The van der Waals surface area contributed by atoms with Crippen molar-refractivity contribution in [1.29, 1.82) is 0 Å². The fourth-order valence-corrected chi connectivity index (χ4v) is 1.64. The van der Waals surface area contributed by atoms with Gasteiger partial charge in [0.05, 0.1) is 6.54 Å². The number of rotatable bonds is 3. The minimum absolute atomic E-state index is 0.123. The maximum absolute atomic E-state index is 11.8. The Hall–Kier alpha value is -2.65. The summed E-state index contributed by atoms with van der Waals surface area (Å²) < 4.78 is 1.46. The van der Waals surface area contributed by atoms with Crippen molar-refractivity contribution in [2.45, 2.75) is 13.5 Å². The Morgan fingerprint density at radius 2 is 2.35 bits per heavy atom. The summed E-state index contributed by atoms with van der Waals surface area (Å²) in [4.78, 5) is 15.6. The summed E-state index contributed by atoms with van der Waals surface area (Å²) in [6.45, 7) is 2.39. The summed E-state index contributed by atoms with van der Waals surface area (Å²) in [5.74, 6) is 5.61. The lowest BCUT2D eigenvalue weighted by molar-refractivity contribution is -0.116. The van der Waals surface area contributed by atoms with Crippen LogP contribution in [0.5, 0.6) is 0 Å². The topological polar surface area (TPSA) is 85.8 Å². The van der Waals surface area contributed by atoms with Gasteiger partial charge in [-0.2, -0.15) is 5.10 Å². The first-order valence-corrected chi connectivity index (χ1v) is 6.11. The van der Waals surface area contributed by atoms with Crippen LogP contribution in [-0.4, -0.2) is 27.2 Å². The second-order valence-corrected chi connectivity index (χ2v) is 4.18. The van der Waals surface area contributed by atoms with Gasteiger partial charge in [-0.25, -0.2) is 9.67 Å². The summed E-state index contributed by atoms with van der Waals surface area (Å²) >= 11 is 0. The van der Waals surface area contributed by atoms with Crippen LogP contribution in [0, 0.1) is 18.8 Å². The molecule has 0 aliphatic heterocycles. The van der Waals surface area contributed by atoms with Gasteiger partial charge in [0, 0.05) is 11.3 Å². The summed E-state index contributed by atoms with van der Waals surface area (Å²) in [5.41, 5.74) is 7.96. The maximum Gasteiger partial charge on any atom is 0.246 e. The molecule has 20 heavy (non-hydrogen) atoms. The second kappa shape index (κ2) is 6.50. The molecule has 0 aliphatic rings. The van der Waals surface area contributed by atoms with Gasteiger partial charge in [-0.3, -0.25) is 4.79 Å². The minimum Gasteiger partial charge on any atom is -0.324 e. The molecular formula is C14H15N5O. The molecular weight excluding hydrogens is 254 g/mol. The molecule has 102 valence electrons. The van der Waals surface area contributed by atoms with E-state index in [1.807, 2.05) is 25.1 Å². The Kier molecular flexibility index (Phi) is 4.47. The molecule has 0 saturated carbocycles. The van der Waals surface area contributed by atoms with E-state index in [4.69, 9.17) is 5.73 Å². The zero-order valence-electron chi connectivity index (χ0n) is 11.1. The Bertz CT molecular complexity index is 652. The highest BCUT2D eigenvalue weighted by molar-refractivity contribution is 5.90. The van der Waals surface area contributed by atoms with E-state index in [1.165, 1.54) is 17.3 Å². The van der Waals surface area contributed by atoms with E-state index in [1.54, 1.807) is 0 Å². The fourth-order valence-electron chi connectivity index (χ4n) is 1.64. The number of nitrogens with zero attached hydrogens (tertiary/aromatic N) is 3. The number of aryl methyl sites for hydroxylation is 1. The molecule has 0 unspecified atom stereocenters. The summed E-state index contributed by atoms with van der Waals surface area (Å²) in [6.07, 6.45) is 2.88. The van der Waals surface area contributed by atoms with Crippen LogP contribution in [0.1, 0.15) is 11.1 Å². The average Bonchev–Trinajstić information content (AvgIpc) is 2.92. The quantitative estimate of drug-likeness (QED) is 0.796. The van der Waals surface area contributed by atoms with Crippen molar-refractivity contribution in [2.24, 2.45) is 5.73 Å². The Balaban J connectivity index is 2.07. The smallest absolute Gasteiger partial charge is 0.246 e. The highest BCUT2D eigenvalue weighted by Crippen LogP contribution is 2.14. The molecule has 3 N–H and O–H groups in total. The molecule has 0 saturated heterocycles. The molecule has 0 bridgehead atoms. The zero-order chi connectivity index (χ0) is 14.4. The van der Waals surface area contributed by atoms with Gasteiger partial charge in [0.2, 0.25) is 5.91 Å². The normalized spacial score (nSPS) is 9.70. The van der Waals surface area contributed by atoms with Crippen LogP contribution in [-0.2, 0) is 11.3 Å². The number of hydrogen-bond acceptors (Lipinski definition) is 4. The predicted molar refractivity (Wildman–Crippen MR) is 75.8 cm³/mol. The van der Waals surface area contributed by atoms with Crippen molar-refractivity contribution in [1.82, 2.24) is 14.8 Å². The lowest BCUT2D eigenvalue weighted by Gasteiger charge is -2.07. The third-order valence-corrected chi connectivity index (χ3v) is 2.62. The molecule has 0 atom stereocenters. The van der Waals surface area contributed by atoms with Crippen molar-refractivity contribution in [3.8, 4) is 11.8 Å². The molecule has 0 spiro atoms. The second-order valence-electron chi connectivity index (χ2n) is 4.18. The first-order valence-electron chi connectivity index (χ1n) is 6.11. The van der Waals surface area contributed by atoms with Crippen molar-refractivity contribution in [3.63, 3.8) is 0 Å². The van der Waals surface area contributed by atoms with Crippen LogP contribution in [0.3, 0.4) is 0 Å². The van der Waals surface area contributed by atoms with E-state index < -0.39 is 0 Å². The van der Waals surface area contributed by atoms with E-state index in [-0.39, 0.29) is 12.5 Å². The van der Waals surface area contributed by atoms with Gasteiger partial charge in [0.25, 0.3) is 0 Å². The molecule has 1 aromatic heterocycles. The third-order valence-electron chi connectivity index (χ3n) is 2.62. The zero-order valence-corrected chi connectivity index (χ0v) is 11.1. The molecule has 0 radical (unpaired) electrons. The predicted octanol–water partition coefficient (Wildman–Crippen LogP) is 0.535. The van der Waals surface area contributed by atoms with E-state index >= 15 is 0 Å². The van der Waals surface area contributed by atoms with Crippen LogP contribution >= 0.6 is 0 Å². The molecule has 6 heteroatoms. The first-order chi connectivity index (χ1) is 9.69. The average molecular weight is 269 g/mol. The minimum atomic E-state index is -0.169. The molecule has 0 aliphatic carbocycles. The van der Waals surface area contributed by atoms with E-state index in [0.717, 1.165) is 11.1 Å². The number of carbonyl (C=O) groups is 1. The lowest BCUT2D eigenvalue weighted by atomic mass is 10.1. The number of nitrogens with one attached hydrogen (secondary N) is 1. The molecule has 2 aromatic rings. The van der Waals surface area contributed by atoms with Gasteiger partial charge in [-0.05, 0) is 24.6 Å². The molecule has 1 aromatic carbocycles. The van der Waals surface area contributed by atoms with Crippen LogP contribution in [0.15, 0.2) is 30.9 Å². The maximum atomic E-state index is 11.8. The molecule has 1 heterocycles. The van der Waals surface area contributed by atoms with Crippen molar-refractivity contribution < 1.29 is 4.79 Å². The van der Waals surface area contributed by atoms with Crippen molar-refractivity contribution >= 4 is 11.6 Å². The molecule has 2 rings (SSSR count). The van der Waals surface area contributed by atoms with E-state index in [2.05, 4.69) is 27.2 Å². The Labute approximate surface area is 117 Å². The van der Waals surface area contributed by atoms with Gasteiger partial charge in [-0.15, -0.1) is 0 Å². The number of hydrogen-bond donors (Lipinski definition) is 2. The van der Waals surface area contributed by atoms with Crippen LogP contribution in [0.25, 0.3) is 0 Å². The molecule has 1 amide bonds. The highest BCUT2D eigenvalue weighted by Gasteiger charge is 2.05. The van der Waals surface area contributed by atoms with Gasteiger partial charge >= 0.3 is 0 Å². The van der Waals surface area contributed by atoms with Gasteiger partial charge in [0.15, 0.2) is 0 Å². The number of benzene rings is 1. The number of carbonyl (C=O) groups excluding carboxylic acids is 1. The first kappa shape index (κ1) is 13.8. The highest BCUT2D eigenvalue weighted by atomic mass is 16.2. The SMILES string of the molecule is Cc1ccc(NC(=O)Cn2cncn2)cc1C#CCN. The van der Waals surface area contributed by atoms with Crippen LogP contribution in [0.4, 0.5) is 5.69 Å². The summed E-state index contributed by atoms with van der Waals surface area (Å²) in [7, 11) is 0. The molecule has 0 fully saturated rings. The standard InChI is InChI=1S/C14H15N5O/c1-11-4-5-13(7-12(11)3-2-6-15)18-14(20)8-19-10-16-9-17-19/h4-5,7,9-10H,6,8,15H2,1H3,(H,18,20). The van der Waals surface area contributed by atoms with Gasteiger partial charge in [-0.1, -0.05) is 17.9 Å². The Morgan fingerprint density at radius 3 is 3.05 bits per heavy atom. The van der Waals surface area contributed by atoms with Crippen LogP contribution < -0.4 is 11.1 Å². The number of amides is 1. The monoisotopic (exact) mass is 269 g/mol. The van der Waals surface area contributed by atoms with Crippen LogP contribution in [0.2, 0.25) is 0 Å². The van der Waals surface area contributed by atoms with Gasteiger partial charge in [0.1, 0.15) is 19.2 Å². The summed E-state index contributed by atoms with van der Waals surface area (Å²) in [6, 6.07) is 5.57. The van der Waals surface area contributed by atoms with E-state index in [9.17, 15) is 4.79 Å². The Morgan fingerprint density at radius 1 is 1.50 bits per heavy atom. The fraction of sp³-hybridized carbons (Fsp3) is 0.214. The number of anilines is 1. The largest absolute Gasteiger partial charge is 0.324 e. The van der Waals surface area contributed by atoms with Crippen molar-refractivity contribution in [3.05, 3.63) is 42.0 Å². The number of nitrogens with two attached hydrogens (primary N) is 1. The van der Waals surface area contributed by atoms with Gasteiger partial charge < -0.3 is 11.1 Å². The van der Waals surface area contributed by atoms with E-state index in [0.29, 0.717) is 12.2 Å². The molecule has 6 nitrogen and oxygen atoms in total.